The zero-order valence-electron chi connectivity index (χ0n) is 22.8. The summed E-state index contributed by atoms with van der Waals surface area (Å²) in [5.74, 6) is 1.02. The predicted molar refractivity (Wildman–Crippen MR) is 165 cm³/mol. The summed E-state index contributed by atoms with van der Waals surface area (Å²) in [7, 11) is 0. The zero-order chi connectivity index (χ0) is 28.5. The lowest BCUT2D eigenvalue weighted by molar-refractivity contribution is -0.114. The number of benzene rings is 5. The fraction of sp³-hybridized carbons (Fsp3) is 0.0571. The van der Waals surface area contributed by atoms with Crippen LogP contribution in [0.2, 0.25) is 0 Å². The predicted octanol–water partition coefficient (Wildman–Crippen LogP) is 8.24. The van der Waals surface area contributed by atoms with Crippen molar-refractivity contribution in [1.29, 1.82) is 0 Å². The number of fused-ring (bicyclic) bond motifs is 2. The van der Waals surface area contributed by atoms with Crippen LogP contribution in [0.3, 0.4) is 0 Å². The lowest BCUT2D eigenvalue weighted by Gasteiger charge is -2.12. The van der Waals surface area contributed by atoms with Gasteiger partial charge in [0.25, 0.3) is 0 Å². The van der Waals surface area contributed by atoms with E-state index in [9.17, 15) is 4.79 Å². The molecule has 42 heavy (non-hydrogen) atoms. The summed E-state index contributed by atoms with van der Waals surface area (Å²) < 4.78 is 12.2. The number of carbonyl (C=O) groups excluding carboxylic acids is 1. The largest absolute Gasteiger partial charge is 0.487 e. The van der Waals surface area contributed by atoms with Gasteiger partial charge in [-0.1, -0.05) is 78.9 Å². The highest BCUT2D eigenvalue weighted by atomic mass is 16.5. The van der Waals surface area contributed by atoms with Crippen molar-refractivity contribution in [3.8, 4) is 39.6 Å². The van der Waals surface area contributed by atoms with Crippen molar-refractivity contribution in [1.82, 2.24) is 15.2 Å². The number of amides is 1. The first-order valence-corrected chi connectivity index (χ1v) is 13.6. The van der Waals surface area contributed by atoms with E-state index in [-0.39, 0.29) is 5.91 Å². The molecular weight excluding hydrogens is 524 g/mol. The third-order valence-electron chi connectivity index (χ3n) is 7.16. The van der Waals surface area contributed by atoms with E-state index in [1.54, 1.807) is 6.20 Å². The van der Waals surface area contributed by atoms with Gasteiger partial charge in [0.2, 0.25) is 11.8 Å². The van der Waals surface area contributed by atoms with Gasteiger partial charge in [-0.15, -0.1) is 0 Å². The molecule has 5 aromatic carbocycles. The summed E-state index contributed by atoms with van der Waals surface area (Å²) in [5.41, 5.74) is 8.01. The van der Waals surface area contributed by atoms with Crippen molar-refractivity contribution in [3.63, 3.8) is 0 Å². The number of hydrogen-bond donors (Lipinski definition) is 2. The number of nitrogens with zero attached hydrogens (tertiary/aromatic N) is 2. The minimum Gasteiger partial charge on any atom is -0.487 e. The first-order chi connectivity index (χ1) is 20.6. The fourth-order valence-electron chi connectivity index (χ4n) is 5.09. The minimum absolute atomic E-state index is 0.137. The van der Waals surface area contributed by atoms with Gasteiger partial charge < -0.3 is 14.5 Å². The number of H-pyrrole nitrogens is 1. The van der Waals surface area contributed by atoms with E-state index in [2.05, 4.69) is 58.0 Å². The molecule has 7 rings (SSSR count). The fourth-order valence-corrected chi connectivity index (χ4v) is 5.09. The van der Waals surface area contributed by atoms with E-state index < -0.39 is 0 Å². The van der Waals surface area contributed by atoms with Crippen molar-refractivity contribution in [2.45, 2.75) is 13.5 Å². The molecule has 2 N–H and O–H groups in total. The molecule has 0 saturated carbocycles. The van der Waals surface area contributed by atoms with Crippen molar-refractivity contribution in [2.24, 2.45) is 0 Å². The van der Waals surface area contributed by atoms with E-state index in [0.717, 1.165) is 55.4 Å². The monoisotopic (exact) mass is 550 g/mol. The van der Waals surface area contributed by atoms with Gasteiger partial charge in [0.1, 0.15) is 17.9 Å². The number of nitrogens with one attached hydrogen (secondary N) is 2. The average molecular weight is 551 g/mol. The van der Waals surface area contributed by atoms with Crippen molar-refractivity contribution in [3.05, 3.63) is 121 Å². The van der Waals surface area contributed by atoms with Crippen LogP contribution < -0.4 is 10.1 Å². The molecule has 0 aliphatic carbocycles. The highest BCUT2D eigenvalue weighted by Gasteiger charge is 2.17. The summed E-state index contributed by atoms with van der Waals surface area (Å²) >= 11 is 0. The lowest BCUT2D eigenvalue weighted by atomic mass is 9.99. The van der Waals surface area contributed by atoms with Gasteiger partial charge in [0.15, 0.2) is 5.58 Å². The number of aromatic nitrogens is 3. The molecule has 2 aromatic heterocycles. The van der Waals surface area contributed by atoms with Gasteiger partial charge in [-0.25, -0.2) is 4.98 Å². The van der Waals surface area contributed by atoms with Crippen molar-refractivity contribution in [2.75, 3.05) is 5.32 Å². The van der Waals surface area contributed by atoms with Crippen LogP contribution in [0, 0.1) is 0 Å². The molecule has 0 radical (unpaired) electrons. The first-order valence-electron chi connectivity index (χ1n) is 13.6. The maximum absolute atomic E-state index is 11.5. The Bertz CT molecular complexity index is 2000. The van der Waals surface area contributed by atoms with Gasteiger partial charge >= 0.3 is 0 Å². The van der Waals surface area contributed by atoms with Crippen molar-refractivity contribution < 1.29 is 13.9 Å². The smallest absolute Gasteiger partial charge is 0.231 e. The quantitative estimate of drug-likeness (QED) is 0.208. The Kier molecular flexibility index (Phi) is 6.45. The van der Waals surface area contributed by atoms with Crippen LogP contribution in [0.25, 0.3) is 55.7 Å². The highest BCUT2D eigenvalue weighted by Crippen LogP contribution is 2.35. The van der Waals surface area contributed by atoms with Gasteiger partial charge in [0, 0.05) is 12.5 Å². The second kappa shape index (κ2) is 10.7. The van der Waals surface area contributed by atoms with Gasteiger partial charge in [-0.3, -0.25) is 9.89 Å². The summed E-state index contributed by atoms with van der Waals surface area (Å²) in [6.45, 7) is 1.86. The van der Waals surface area contributed by atoms with Crippen LogP contribution in [0.1, 0.15) is 12.5 Å². The number of para-hydroxylation sites is 2. The maximum Gasteiger partial charge on any atom is 0.231 e. The Morgan fingerprint density at radius 1 is 0.833 bits per heavy atom. The topological polar surface area (TPSA) is 93.0 Å². The number of hydrogen-bond acceptors (Lipinski definition) is 5. The Morgan fingerprint density at radius 2 is 1.60 bits per heavy atom. The second-order valence-electron chi connectivity index (χ2n) is 10.1. The number of carbonyl (C=O) groups is 1. The number of rotatable bonds is 7. The summed E-state index contributed by atoms with van der Waals surface area (Å²) in [6.07, 6.45) is 1.76. The number of oxazole rings is 1. The van der Waals surface area contributed by atoms with Crippen molar-refractivity contribution >= 4 is 33.5 Å². The summed E-state index contributed by atoms with van der Waals surface area (Å²) in [4.78, 5) is 16.3. The molecule has 0 spiro atoms. The molecule has 7 nitrogen and oxygen atoms in total. The third kappa shape index (κ3) is 4.99. The molecule has 7 aromatic rings. The third-order valence-corrected chi connectivity index (χ3v) is 7.16. The van der Waals surface area contributed by atoms with Crippen LogP contribution in [-0.4, -0.2) is 21.1 Å². The molecule has 0 bridgehead atoms. The Hall–Kier alpha value is -5.69. The first kappa shape index (κ1) is 25.3. The van der Waals surface area contributed by atoms with Crippen LogP contribution in [0.4, 0.5) is 5.69 Å². The number of aromatic amines is 1. The van der Waals surface area contributed by atoms with Gasteiger partial charge in [-0.2, -0.15) is 5.10 Å². The average Bonchev–Trinajstić information content (AvgIpc) is 3.67. The SMILES string of the molecule is CC(=O)Nc1ccccc1OCc1ccc(-c2cccc(-c3[nH]ncc3-c3nc4cc5ccccc5cc4o3)c2)cc1. The second-order valence-corrected chi connectivity index (χ2v) is 10.1. The molecule has 0 aliphatic heterocycles. The maximum atomic E-state index is 11.5. The zero-order valence-corrected chi connectivity index (χ0v) is 22.8. The molecule has 7 heteroatoms. The molecule has 0 aliphatic rings. The Balaban J connectivity index is 1.12. The molecule has 1 amide bonds. The van der Waals surface area contributed by atoms with E-state index in [4.69, 9.17) is 14.1 Å². The molecule has 204 valence electrons. The summed E-state index contributed by atoms with van der Waals surface area (Å²) in [6, 6.07) is 36.2. The molecule has 2 heterocycles. The molecule has 0 fully saturated rings. The molecular formula is C35H26N4O3. The lowest BCUT2D eigenvalue weighted by Crippen LogP contribution is -2.07. The minimum atomic E-state index is -0.137. The number of ether oxygens (including phenoxy) is 1. The van der Waals surface area contributed by atoms with Crippen LogP contribution in [-0.2, 0) is 11.4 Å². The van der Waals surface area contributed by atoms with Crippen LogP contribution >= 0.6 is 0 Å². The van der Waals surface area contributed by atoms with Gasteiger partial charge in [-0.05, 0) is 57.8 Å². The molecule has 0 atom stereocenters. The molecule has 0 saturated heterocycles. The van der Waals surface area contributed by atoms with E-state index in [1.165, 1.54) is 6.92 Å². The normalized spacial score (nSPS) is 11.2. The highest BCUT2D eigenvalue weighted by molar-refractivity contribution is 5.95. The Labute approximate surface area is 241 Å². The van der Waals surface area contributed by atoms with E-state index >= 15 is 0 Å². The number of anilines is 1. The van der Waals surface area contributed by atoms with E-state index in [0.29, 0.717) is 23.9 Å². The van der Waals surface area contributed by atoms with E-state index in [1.807, 2.05) is 66.7 Å². The standard InChI is InChI=1S/C35H26N4O3/c1-22(40)37-30-11-4-5-12-32(30)41-21-23-13-15-24(16-14-23)25-9-6-10-28(17-25)34-29(20-36-39-34)35-38-31-18-26-7-2-3-8-27(26)19-33(31)42-35/h2-20H,21H2,1H3,(H,36,39)(H,37,40). The molecule has 0 unspecified atom stereocenters. The van der Waals surface area contributed by atoms with Gasteiger partial charge in [0.05, 0.1) is 23.1 Å². The summed E-state index contributed by atoms with van der Waals surface area (Å²) in [5, 5.41) is 12.5. The van der Waals surface area contributed by atoms with Crippen LogP contribution in [0.15, 0.2) is 120 Å². The Morgan fingerprint density at radius 3 is 2.43 bits per heavy atom. The van der Waals surface area contributed by atoms with Crippen LogP contribution in [0.5, 0.6) is 5.75 Å².